The highest BCUT2D eigenvalue weighted by molar-refractivity contribution is 6.31. The van der Waals surface area contributed by atoms with E-state index in [2.05, 4.69) is 40.5 Å². The lowest BCUT2D eigenvalue weighted by Gasteiger charge is -2.34. The average molecular weight is 400 g/mol. The first-order chi connectivity index (χ1) is 13.5. The number of halogens is 1. The van der Waals surface area contributed by atoms with Gasteiger partial charge in [-0.2, -0.15) is 0 Å². The second-order valence-electron chi connectivity index (χ2n) is 8.97. The lowest BCUT2D eigenvalue weighted by molar-refractivity contribution is -0.134. The van der Waals surface area contributed by atoms with Gasteiger partial charge in [-0.1, -0.05) is 11.6 Å². The molecule has 0 saturated carbocycles. The molecule has 0 spiro atoms. The predicted molar refractivity (Wildman–Crippen MR) is 114 cm³/mol. The minimum atomic E-state index is 0.313. The van der Waals surface area contributed by atoms with Gasteiger partial charge in [0.25, 0.3) is 0 Å². The second kappa shape index (κ2) is 7.07. The number of aromatic nitrogens is 1. The minimum absolute atomic E-state index is 0.313. The van der Waals surface area contributed by atoms with E-state index in [1.807, 2.05) is 6.07 Å². The van der Waals surface area contributed by atoms with E-state index >= 15 is 0 Å². The quantitative estimate of drug-likeness (QED) is 0.743. The number of hydrogen-bond donors (Lipinski definition) is 0. The Hall–Kier alpha value is -1.52. The van der Waals surface area contributed by atoms with Crippen LogP contribution < -0.4 is 0 Å². The fraction of sp³-hybridized carbons (Fsp3) is 0.609. The normalized spacial score (nSPS) is 27.4. The Kier molecular flexibility index (Phi) is 4.67. The van der Waals surface area contributed by atoms with Crippen LogP contribution in [0.2, 0.25) is 5.02 Å². The highest BCUT2D eigenvalue weighted by Crippen LogP contribution is 2.47. The monoisotopic (exact) mass is 399 g/mol. The number of amides is 1. The first-order valence-corrected chi connectivity index (χ1v) is 11.2. The molecule has 150 valence electrons. The number of aryl methyl sites for hydroxylation is 1. The number of piperidine rings is 1. The molecule has 3 atom stereocenters. The molecular formula is C23H30ClN3O. The number of nitrogens with zero attached hydrogens (tertiary/aromatic N) is 3. The molecule has 1 aromatic carbocycles. The summed E-state index contributed by atoms with van der Waals surface area (Å²) in [4.78, 5) is 17.6. The SMILES string of the molecule is CC1CCCCN1C(=O)CCn1c2c(c3cc(Cl)ccc31)C1CCC(C2)N1C. The molecule has 0 N–H and O–H groups in total. The molecule has 0 radical (unpaired) electrons. The van der Waals surface area contributed by atoms with E-state index in [0.29, 0.717) is 30.5 Å². The zero-order chi connectivity index (χ0) is 19.4. The maximum Gasteiger partial charge on any atom is 0.224 e. The van der Waals surface area contributed by atoms with Crippen LogP contribution in [0, 0.1) is 0 Å². The van der Waals surface area contributed by atoms with Crippen molar-refractivity contribution in [3.8, 4) is 0 Å². The molecule has 28 heavy (non-hydrogen) atoms. The summed E-state index contributed by atoms with van der Waals surface area (Å²) < 4.78 is 2.44. The van der Waals surface area contributed by atoms with Crippen molar-refractivity contribution in [3.63, 3.8) is 0 Å². The van der Waals surface area contributed by atoms with Crippen molar-refractivity contribution in [1.82, 2.24) is 14.4 Å². The largest absolute Gasteiger partial charge is 0.344 e. The van der Waals surface area contributed by atoms with Gasteiger partial charge in [-0.05, 0) is 69.8 Å². The van der Waals surface area contributed by atoms with Gasteiger partial charge in [-0.15, -0.1) is 0 Å². The van der Waals surface area contributed by atoms with E-state index in [-0.39, 0.29) is 0 Å². The van der Waals surface area contributed by atoms with Crippen molar-refractivity contribution in [2.24, 2.45) is 0 Å². The Labute approximate surface area is 172 Å². The van der Waals surface area contributed by atoms with Gasteiger partial charge in [0.05, 0.1) is 0 Å². The molecule has 4 heterocycles. The summed E-state index contributed by atoms with van der Waals surface area (Å²) in [6.45, 7) is 3.90. The van der Waals surface area contributed by atoms with Crippen LogP contribution in [-0.2, 0) is 17.8 Å². The lowest BCUT2D eigenvalue weighted by atomic mass is 9.97. The van der Waals surface area contributed by atoms with Crippen molar-refractivity contribution < 1.29 is 4.79 Å². The molecule has 4 nitrogen and oxygen atoms in total. The molecule has 2 saturated heterocycles. The van der Waals surface area contributed by atoms with Crippen molar-refractivity contribution in [2.75, 3.05) is 13.6 Å². The lowest BCUT2D eigenvalue weighted by Crippen LogP contribution is -2.42. The van der Waals surface area contributed by atoms with Crippen molar-refractivity contribution in [1.29, 1.82) is 0 Å². The predicted octanol–water partition coefficient (Wildman–Crippen LogP) is 4.78. The Bertz CT molecular complexity index is 920. The van der Waals surface area contributed by atoms with Gasteiger partial charge in [0.15, 0.2) is 0 Å². The third-order valence-electron chi connectivity index (χ3n) is 7.45. The van der Waals surface area contributed by atoms with Crippen molar-refractivity contribution in [3.05, 3.63) is 34.5 Å². The highest BCUT2D eigenvalue weighted by Gasteiger charge is 2.40. The van der Waals surface area contributed by atoms with Gasteiger partial charge >= 0.3 is 0 Å². The molecule has 2 bridgehead atoms. The Balaban J connectivity index is 1.48. The molecule has 1 amide bonds. The molecule has 3 aliphatic heterocycles. The van der Waals surface area contributed by atoms with Crippen LogP contribution in [-0.4, -0.2) is 46.0 Å². The van der Waals surface area contributed by atoms with Crippen LogP contribution in [0.1, 0.15) is 62.7 Å². The Morgan fingerprint density at radius 1 is 1.21 bits per heavy atom. The number of likely N-dealkylation sites (tertiary alicyclic amines) is 1. The van der Waals surface area contributed by atoms with Gasteiger partial charge in [-0.25, -0.2) is 0 Å². The fourth-order valence-corrected chi connectivity index (χ4v) is 6.07. The molecule has 1 aromatic heterocycles. The maximum atomic E-state index is 12.9. The zero-order valence-corrected chi connectivity index (χ0v) is 17.7. The summed E-state index contributed by atoms with van der Waals surface area (Å²) in [5.74, 6) is 0.313. The molecule has 0 aliphatic carbocycles. The standard InChI is InChI=1S/C23H30ClN3O/c1-15-5-3-4-11-26(15)22(28)10-12-27-19-8-6-16(24)13-18(19)23-20-9-7-17(25(20)2)14-21(23)27/h6,8,13,15,17,20H,3-5,7,9-12,14H2,1-2H3. The van der Waals surface area contributed by atoms with Gasteiger partial charge in [0, 0.05) is 65.7 Å². The first kappa shape index (κ1) is 18.5. The fourth-order valence-electron chi connectivity index (χ4n) is 5.90. The smallest absolute Gasteiger partial charge is 0.224 e. The van der Waals surface area contributed by atoms with Crippen LogP contribution in [0.25, 0.3) is 10.9 Å². The molecular weight excluding hydrogens is 370 g/mol. The van der Waals surface area contributed by atoms with Crippen LogP contribution in [0.3, 0.4) is 0 Å². The summed E-state index contributed by atoms with van der Waals surface area (Å²) in [5, 5.41) is 2.09. The maximum absolute atomic E-state index is 12.9. The number of rotatable bonds is 3. The van der Waals surface area contributed by atoms with Crippen LogP contribution >= 0.6 is 11.6 Å². The number of hydrogen-bond acceptors (Lipinski definition) is 2. The van der Waals surface area contributed by atoms with Gasteiger partial charge in [-0.3, -0.25) is 9.69 Å². The third kappa shape index (κ3) is 2.88. The number of likely N-dealkylation sites (N-methyl/N-ethyl adjacent to an activating group) is 1. The summed E-state index contributed by atoms with van der Waals surface area (Å²) in [5.41, 5.74) is 4.16. The number of fused-ring (bicyclic) bond motifs is 6. The summed E-state index contributed by atoms with van der Waals surface area (Å²) in [7, 11) is 2.26. The van der Waals surface area contributed by atoms with E-state index in [1.165, 1.54) is 41.4 Å². The van der Waals surface area contributed by atoms with Crippen LogP contribution in [0.4, 0.5) is 0 Å². The second-order valence-corrected chi connectivity index (χ2v) is 9.41. The molecule has 5 heteroatoms. The van der Waals surface area contributed by atoms with Gasteiger partial charge in [0.2, 0.25) is 5.91 Å². The zero-order valence-electron chi connectivity index (χ0n) is 17.0. The first-order valence-electron chi connectivity index (χ1n) is 10.9. The van der Waals surface area contributed by atoms with E-state index in [4.69, 9.17) is 11.6 Å². The van der Waals surface area contributed by atoms with E-state index in [9.17, 15) is 4.79 Å². The van der Waals surface area contributed by atoms with Gasteiger partial charge < -0.3 is 9.47 Å². The van der Waals surface area contributed by atoms with Crippen molar-refractivity contribution in [2.45, 2.75) is 76.5 Å². The molecule has 2 aromatic rings. The van der Waals surface area contributed by atoms with E-state index in [0.717, 1.165) is 37.4 Å². The minimum Gasteiger partial charge on any atom is -0.344 e. The number of carbonyl (C=O) groups is 1. The summed E-state index contributed by atoms with van der Waals surface area (Å²) in [6.07, 6.45) is 7.70. The Morgan fingerprint density at radius 3 is 2.89 bits per heavy atom. The van der Waals surface area contributed by atoms with Crippen LogP contribution in [0.5, 0.6) is 0 Å². The molecule has 3 aliphatic rings. The Morgan fingerprint density at radius 2 is 2.07 bits per heavy atom. The van der Waals surface area contributed by atoms with E-state index in [1.54, 1.807) is 0 Å². The number of benzene rings is 1. The van der Waals surface area contributed by atoms with Crippen molar-refractivity contribution >= 4 is 28.4 Å². The molecule has 3 unspecified atom stereocenters. The topological polar surface area (TPSA) is 28.5 Å². The van der Waals surface area contributed by atoms with E-state index < -0.39 is 0 Å². The summed E-state index contributed by atoms with van der Waals surface area (Å²) in [6, 6.07) is 7.79. The number of carbonyl (C=O) groups excluding carboxylic acids is 1. The molecule has 2 fully saturated rings. The average Bonchev–Trinajstić information content (AvgIpc) is 3.09. The van der Waals surface area contributed by atoms with Gasteiger partial charge in [0.1, 0.15) is 0 Å². The van der Waals surface area contributed by atoms with Crippen LogP contribution in [0.15, 0.2) is 18.2 Å². The molecule has 5 rings (SSSR count). The highest BCUT2D eigenvalue weighted by atomic mass is 35.5. The third-order valence-corrected chi connectivity index (χ3v) is 7.69. The summed E-state index contributed by atoms with van der Waals surface area (Å²) >= 11 is 6.37.